The molecule has 134 valence electrons. The summed E-state index contributed by atoms with van der Waals surface area (Å²) in [7, 11) is 0. The molecule has 0 amide bonds. The maximum absolute atomic E-state index is 2.79. The predicted octanol–water partition coefficient (Wildman–Crippen LogP) is 3.30. The smallest absolute Gasteiger partial charge is 0.0350 e. The summed E-state index contributed by atoms with van der Waals surface area (Å²) in [6.07, 6.45) is 4.15. The molecule has 3 aliphatic heterocycles. The van der Waals surface area contributed by atoms with Crippen LogP contribution in [0.5, 0.6) is 0 Å². The molecule has 3 heteroatoms. The third-order valence-corrected chi connectivity index (χ3v) is 6.78. The van der Waals surface area contributed by atoms with Gasteiger partial charge in [-0.15, -0.1) is 0 Å². The molecule has 0 N–H and O–H groups in total. The summed E-state index contributed by atoms with van der Waals surface area (Å²) in [5, 5.41) is 0. The minimum absolute atomic E-state index is 0.347. The molecule has 3 aliphatic rings. The van der Waals surface area contributed by atoms with Crippen LogP contribution in [0.25, 0.3) is 0 Å². The molecule has 0 aromatic heterocycles. The Bertz CT molecular complexity index is 392. The summed E-state index contributed by atoms with van der Waals surface area (Å²) in [6, 6.07) is 1.70. The fourth-order valence-corrected chi connectivity index (χ4v) is 4.74. The standard InChI is InChI=1S/C20H39N3/c1-19(2,3)16-7-10-21(13-16)18-14-22(15-18)17-8-11-23(12-9-17)20(4,5)6/h16-18H,7-15H2,1-6H3. The van der Waals surface area contributed by atoms with Crippen LogP contribution < -0.4 is 0 Å². The van der Waals surface area contributed by atoms with E-state index < -0.39 is 0 Å². The van der Waals surface area contributed by atoms with Crippen LogP contribution in [-0.2, 0) is 0 Å². The van der Waals surface area contributed by atoms with Gasteiger partial charge in [-0.25, -0.2) is 0 Å². The zero-order chi connectivity index (χ0) is 16.8. The minimum Gasteiger partial charge on any atom is -0.298 e. The topological polar surface area (TPSA) is 9.72 Å². The maximum Gasteiger partial charge on any atom is 0.0350 e. The fourth-order valence-electron chi connectivity index (χ4n) is 4.74. The molecule has 3 rings (SSSR count). The van der Waals surface area contributed by atoms with Gasteiger partial charge in [0, 0.05) is 50.3 Å². The van der Waals surface area contributed by atoms with Crippen molar-refractivity contribution in [2.45, 2.75) is 78.4 Å². The van der Waals surface area contributed by atoms with Crippen LogP contribution in [0.15, 0.2) is 0 Å². The largest absolute Gasteiger partial charge is 0.298 e. The zero-order valence-electron chi connectivity index (χ0n) is 16.4. The van der Waals surface area contributed by atoms with Crippen LogP contribution in [0.3, 0.4) is 0 Å². The van der Waals surface area contributed by atoms with Crippen molar-refractivity contribution in [1.29, 1.82) is 0 Å². The molecule has 0 bridgehead atoms. The number of likely N-dealkylation sites (tertiary alicyclic amines) is 3. The Balaban J connectivity index is 1.41. The first-order valence-corrected chi connectivity index (χ1v) is 9.88. The normalized spacial score (nSPS) is 30.8. The van der Waals surface area contributed by atoms with E-state index in [1.165, 1.54) is 58.5 Å². The van der Waals surface area contributed by atoms with Gasteiger partial charge in [-0.05, 0) is 57.9 Å². The van der Waals surface area contributed by atoms with E-state index in [2.05, 4.69) is 56.2 Å². The summed E-state index contributed by atoms with van der Waals surface area (Å²) in [6.45, 7) is 22.2. The first kappa shape index (κ1) is 17.7. The Labute approximate surface area is 144 Å². The molecule has 0 radical (unpaired) electrons. The molecule has 0 aromatic carbocycles. The van der Waals surface area contributed by atoms with Crippen LogP contribution in [0.2, 0.25) is 0 Å². The quantitative estimate of drug-likeness (QED) is 0.772. The van der Waals surface area contributed by atoms with Crippen LogP contribution in [0.4, 0.5) is 0 Å². The first-order chi connectivity index (χ1) is 10.6. The Morgan fingerprint density at radius 3 is 1.74 bits per heavy atom. The first-order valence-electron chi connectivity index (χ1n) is 9.88. The minimum atomic E-state index is 0.347. The predicted molar refractivity (Wildman–Crippen MR) is 98.8 cm³/mol. The van der Waals surface area contributed by atoms with E-state index in [1.54, 1.807) is 0 Å². The average Bonchev–Trinajstić information content (AvgIpc) is 2.86. The molecule has 3 heterocycles. The highest BCUT2D eigenvalue weighted by Gasteiger charge is 2.41. The van der Waals surface area contributed by atoms with Gasteiger partial charge in [0.2, 0.25) is 0 Å². The Hall–Kier alpha value is -0.120. The van der Waals surface area contributed by atoms with Gasteiger partial charge < -0.3 is 0 Å². The van der Waals surface area contributed by atoms with Crippen molar-refractivity contribution in [2.24, 2.45) is 11.3 Å². The molecular weight excluding hydrogens is 282 g/mol. The lowest BCUT2D eigenvalue weighted by Gasteiger charge is -2.51. The van der Waals surface area contributed by atoms with Gasteiger partial charge in [0.1, 0.15) is 0 Å². The molecule has 3 nitrogen and oxygen atoms in total. The Morgan fingerprint density at radius 2 is 1.26 bits per heavy atom. The Morgan fingerprint density at radius 1 is 0.652 bits per heavy atom. The van der Waals surface area contributed by atoms with Gasteiger partial charge in [0.05, 0.1) is 0 Å². The van der Waals surface area contributed by atoms with Crippen molar-refractivity contribution in [1.82, 2.24) is 14.7 Å². The van der Waals surface area contributed by atoms with Crippen LogP contribution in [-0.4, -0.2) is 71.6 Å². The van der Waals surface area contributed by atoms with E-state index in [9.17, 15) is 0 Å². The molecule has 1 unspecified atom stereocenters. The number of hydrogen-bond donors (Lipinski definition) is 0. The number of rotatable bonds is 2. The molecule has 1 atom stereocenters. The molecule has 23 heavy (non-hydrogen) atoms. The second kappa shape index (κ2) is 6.31. The van der Waals surface area contributed by atoms with Crippen LogP contribution in [0.1, 0.15) is 60.8 Å². The molecule has 3 saturated heterocycles. The SMILES string of the molecule is CC(C)(C)C1CCN(C2CN(C3CCN(C(C)(C)C)CC3)C2)C1. The fraction of sp³-hybridized carbons (Fsp3) is 1.00. The summed E-state index contributed by atoms with van der Waals surface area (Å²) >= 11 is 0. The molecule has 0 saturated carbocycles. The van der Waals surface area contributed by atoms with Crippen molar-refractivity contribution in [3.05, 3.63) is 0 Å². The second-order valence-electron chi connectivity index (χ2n) is 10.3. The molecular formula is C20H39N3. The summed E-state index contributed by atoms with van der Waals surface area (Å²) in [5.74, 6) is 0.895. The molecule has 0 aromatic rings. The number of nitrogens with zero attached hydrogens (tertiary/aromatic N) is 3. The van der Waals surface area contributed by atoms with E-state index >= 15 is 0 Å². The zero-order valence-corrected chi connectivity index (χ0v) is 16.4. The lowest BCUT2D eigenvalue weighted by atomic mass is 9.80. The molecule has 0 spiro atoms. The summed E-state index contributed by atoms with van der Waals surface area (Å²) in [5.41, 5.74) is 0.831. The van der Waals surface area contributed by atoms with Gasteiger partial charge >= 0.3 is 0 Å². The molecule has 3 fully saturated rings. The van der Waals surface area contributed by atoms with E-state index in [0.717, 1.165) is 18.0 Å². The highest BCUT2D eigenvalue weighted by Crippen LogP contribution is 2.36. The summed E-state index contributed by atoms with van der Waals surface area (Å²) in [4.78, 5) is 8.22. The van der Waals surface area contributed by atoms with E-state index in [-0.39, 0.29) is 0 Å². The highest BCUT2D eigenvalue weighted by molar-refractivity contribution is 4.97. The van der Waals surface area contributed by atoms with E-state index in [0.29, 0.717) is 11.0 Å². The maximum atomic E-state index is 2.79. The van der Waals surface area contributed by atoms with Crippen molar-refractivity contribution < 1.29 is 0 Å². The third-order valence-electron chi connectivity index (χ3n) is 6.78. The van der Waals surface area contributed by atoms with E-state index in [1.807, 2.05) is 0 Å². The van der Waals surface area contributed by atoms with Gasteiger partial charge in [0.15, 0.2) is 0 Å². The monoisotopic (exact) mass is 321 g/mol. The average molecular weight is 322 g/mol. The van der Waals surface area contributed by atoms with Crippen LogP contribution >= 0.6 is 0 Å². The van der Waals surface area contributed by atoms with E-state index in [4.69, 9.17) is 0 Å². The lowest BCUT2D eigenvalue weighted by molar-refractivity contribution is -0.0199. The van der Waals surface area contributed by atoms with Crippen LogP contribution in [0, 0.1) is 11.3 Å². The third kappa shape index (κ3) is 3.93. The van der Waals surface area contributed by atoms with Crippen molar-refractivity contribution in [3.8, 4) is 0 Å². The highest BCUT2D eigenvalue weighted by atomic mass is 15.3. The van der Waals surface area contributed by atoms with Crippen molar-refractivity contribution in [2.75, 3.05) is 39.3 Å². The Kier molecular flexibility index (Phi) is 4.85. The van der Waals surface area contributed by atoms with Crippen molar-refractivity contribution in [3.63, 3.8) is 0 Å². The van der Waals surface area contributed by atoms with Crippen molar-refractivity contribution >= 4 is 0 Å². The van der Waals surface area contributed by atoms with Gasteiger partial charge in [0.25, 0.3) is 0 Å². The number of piperidine rings is 1. The van der Waals surface area contributed by atoms with Gasteiger partial charge in [-0.3, -0.25) is 14.7 Å². The lowest BCUT2D eigenvalue weighted by Crippen LogP contribution is -2.63. The number of hydrogen-bond acceptors (Lipinski definition) is 3. The molecule has 0 aliphatic carbocycles. The summed E-state index contributed by atoms with van der Waals surface area (Å²) < 4.78 is 0. The van der Waals surface area contributed by atoms with Gasteiger partial charge in [-0.1, -0.05) is 20.8 Å². The second-order valence-corrected chi connectivity index (χ2v) is 10.3. The van der Waals surface area contributed by atoms with Gasteiger partial charge in [-0.2, -0.15) is 0 Å².